The molecule has 0 heterocycles. The van der Waals surface area contributed by atoms with Crippen molar-refractivity contribution in [3.63, 3.8) is 0 Å². The monoisotopic (exact) mass is 312 g/mol. The predicted molar refractivity (Wildman–Crippen MR) is 77.1 cm³/mol. The van der Waals surface area contributed by atoms with Crippen molar-refractivity contribution in [2.75, 3.05) is 18.9 Å². The first-order chi connectivity index (χ1) is 8.45. The fourth-order valence-electron chi connectivity index (χ4n) is 1.30. The summed E-state index contributed by atoms with van der Waals surface area (Å²) < 4.78 is 0.813. The van der Waals surface area contributed by atoms with Gasteiger partial charge in [-0.25, -0.2) is 4.79 Å². The van der Waals surface area contributed by atoms with Crippen LogP contribution in [0.2, 0.25) is 0 Å². The van der Waals surface area contributed by atoms with Gasteiger partial charge in [-0.2, -0.15) is 0 Å². The highest BCUT2D eigenvalue weighted by atomic mass is 79.9. The van der Waals surface area contributed by atoms with Crippen molar-refractivity contribution in [3.05, 3.63) is 28.2 Å². The lowest BCUT2D eigenvalue weighted by Crippen LogP contribution is -2.43. The molecule has 18 heavy (non-hydrogen) atoms. The number of hydrogen-bond acceptors (Lipinski definition) is 2. The highest BCUT2D eigenvalue weighted by molar-refractivity contribution is 9.10. The summed E-state index contributed by atoms with van der Waals surface area (Å²) in [5, 5.41) is 12.8. The molecule has 0 fully saturated rings. The van der Waals surface area contributed by atoms with E-state index in [0.29, 0.717) is 12.2 Å². The minimum absolute atomic E-state index is 0.0692. The van der Waals surface area contributed by atoms with Gasteiger partial charge in [-0.05, 0) is 41.4 Å². The van der Waals surface area contributed by atoms with Crippen LogP contribution in [0.5, 0.6) is 0 Å². The molecule has 0 spiro atoms. The van der Waals surface area contributed by atoms with E-state index < -0.39 is 6.03 Å². The first kappa shape index (κ1) is 14.5. The molecule has 0 unspecified atom stereocenters. The van der Waals surface area contributed by atoms with Gasteiger partial charge in [0, 0.05) is 18.1 Å². The Morgan fingerprint density at radius 3 is 2.72 bits per heavy atom. The van der Waals surface area contributed by atoms with E-state index in [1.54, 1.807) is 11.9 Å². The van der Waals surface area contributed by atoms with Gasteiger partial charge in [-0.15, -0.1) is 0 Å². The maximum atomic E-state index is 11.7. The number of rotatable bonds is 2. The second-order valence-corrected chi connectivity index (χ2v) is 4.73. The van der Waals surface area contributed by atoms with E-state index in [1.807, 2.05) is 32.0 Å². The molecule has 0 saturated heterocycles. The minimum Gasteiger partial charge on any atom is -0.346 e. The molecule has 1 aromatic carbocycles. The molecule has 3 N–H and O–H groups in total. The molecule has 1 aromatic rings. The number of hydrogen-bond donors (Lipinski definition) is 3. The molecule has 2 amide bonds. The molecule has 0 saturated carbocycles. The van der Waals surface area contributed by atoms with Crippen LogP contribution in [-0.4, -0.2) is 30.5 Å². The van der Waals surface area contributed by atoms with Gasteiger partial charge in [0.2, 0.25) is 0 Å². The highest BCUT2D eigenvalue weighted by Crippen LogP contribution is 2.25. The molecule has 0 atom stereocenters. The number of urea groups is 1. The Bertz CT molecular complexity index is 441. The van der Waals surface area contributed by atoms with Crippen molar-refractivity contribution >= 4 is 33.6 Å². The van der Waals surface area contributed by atoms with Crippen LogP contribution < -0.4 is 10.6 Å². The van der Waals surface area contributed by atoms with Crippen LogP contribution in [-0.2, 0) is 0 Å². The molecular formula is C12H17BrN4O. The standard InChI is InChI=1S/C12H17BrN4O/c1-4-17(3)11(14)16-12(18)15-10-8(2)6-5-7-9(10)13/h5-7H,4H2,1-3H3,(H3,14,15,16,18). The van der Waals surface area contributed by atoms with Crippen LogP contribution in [0, 0.1) is 12.3 Å². The van der Waals surface area contributed by atoms with Crippen LogP contribution in [0.3, 0.4) is 0 Å². The van der Waals surface area contributed by atoms with Crippen LogP contribution in [0.25, 0.3) is 0 Å². The number of aryl methyl sites for hydroxylation is 1. The molecule has 0 aliphatic heterocycles. The number of benzene rings is 1. The van der Waals surface area contributed by atoms with Gasteiger partial charge in [0.05, 0.1) is 5.69 Å². The third-order valence-electron chi connectivity index (χ3n) is 2.55. The average molecular weight is 313 g/mol. The third-order valence-corrected chi connectivity index (χ3v) is 3.21. The zero-order chi connectivity index (χ0) is 13.7. The number of nitrogens with zero attached hydrogens (tertiary/aromatic N) is 1. The highest BCUT2D eigenvalue weighted by Gasteiger charge is 2.10. The molecule has 98 valence electrons. The van der Waals surface area contributed by atoms with Gasteiger partial charge >= 0.3 is 6.03 Å². The van der Waals surface area contributed by atoms with Crippen molar-refractivity contribution in [3.8, 4) is 0 Å². The number of nitrogens with one attached hydrogen (secondary N) is 3. The van der Waals surface area contributed by atoms with E-state index in [0.717, 1.165) is 10.0 Å². The number of para-hydroxylation sites is 1. The van der Waals surface area contributed by atoms with E-state index in [-0.39, 0.29) is 5.96 Å². The van der Waals surface area contributed by atoms with Crippen LogP contribution >= 0.6 is 15.9 Å². The molecule has 0 radical (unpaired) electrons. The Morgan fingerprint density at radius 2 is 2.17 bits per heavy atom. The lowest BCUT2D eigenvalue weighted by molar-refractivity contribution is 0.255. The summed E-state index contributed by atoms with van der Waals surface area (Å²) in [6.07, 6.45) is 0. The van der Waals surface area contributed by atoms with Crippen molar-refractivity contribution in [1.29, 1.82) is 5.41 Å². The van der Waals surface area contributed by atoms with Crippen molar-refractivity contribution < 1.29 is 4.79 Å². The zero-order valence-electron chi connectivity index (χ0n) is 10.7. The normalized spacial score (nSPS) is 9.78. The van der Waals surface area contributed by atoms with Crippen molar-refractivity contribution in [2.45, 2.75) is 13.8 Å². The molecule has 5 nitrogen and oxygen atoms in total. The number of halogens is 1. The molecular weight excluding hydrogens is 296 g/mol. The summed E-state index contributed by atoms with van der Waals surface area (Å²) in [5.74, 6) is 0.0692. The van der Waals surface area contributed by atoms with E-state index >= 15 is 0 Å². The van der Waals surface area contributed by atoms with Gasteiger partial charge < -0.3 is 10.2 Å². The molecule has 0 bridgehead atoms. The third kappa shape index (κ3) is 3.73. The summed E-state index contributed by atoms with van der Waals surface area (Å²) in [4.78, 5) is 13.4. The largest absolute Gasteiger partial charge is 0.346 e. The lowest BCUT2D eigenvalue weighted by Gasteiger charge is -2.18. The van der Waals surface area contributed by atoms with Gasteiger partial charge in [0.25, 0.3) is 0 Å². The summed E-state index contributed by atoms with van der Waals surface area (Å²) in [6.45, 7) is 4.48. The van der Waals surface area contributed by atoms with Crippen LogP contribution in [0.1, 0.15) is 12.5 Å². The van der Waals surface area contributed by atoms with Gasteiger partial charge in [-0.1, -0.05) is 12.1 Å². The summed E-state index contributed by atoms with van der Waals surface area (Å²) >= 11 is 3.38. The molecule has 6 heteroatoms. The summed E-state index contributed by atoms with van der Waals surface area (Å²) in [7, 11) is 1.74. The second-order valence-electron chi connectivity index (χ2n) is 3.87. The lowest BCUT2D eigenvalue weighted by atomic mass is 10.2. The maximum Gasteiger partial charge on any atom is 0.326 e. The quantitative estimate of drug-likeness (QED) is 0.580. The van der Waals surface area contributed by atoms with Gasteiger partial charge in [0.1, 0.15) is 0 Å². The number of anilines is 1. The summed E-state index contributed by atoms with van der Waals surface area (Å²) in [5.41, 5.74) is 1.66. The number of carbonyl (C=O) groups excluding carboxylic acids is 1. The van der Waals surface area contributed by atoms with E-state index in [2.05, 4.69) is 26.6 Å². The van der Waals surface area contributed by atoms with E-state index in [4.69, 9.17) is 5.41 Å². The Labute approximate surface area is 115 Å². The molecule has 0 aliphatic carbocycles. The fourth-order valence-corrected chi connectivity index (χ4v) is 1.86. The predicted octanol–water partition coefficient (Wildman–Crippen LogP) is 2.77. The first-order valence-electron chi connectivity index (χ1n) is 5.58. The molecule has 0 aromatic heterocycles. The van der Waals surface area contributed by atoms with Gasteiger partial charge in [-0.3, -0.25) is 10.7 Å². The van der Waals surface area contributed by atoms with Crippen molar-refractivity contribution in [1.82, 2.24) is 10.2 Å². The topological polar surface area (TPSA) is 68.2 Å². The van der Waals surface area contributed by atoms with Gasteiger partial charge in [0.15, 0.2) is 5.96 Å². The Morgan fingerprint density at radius 1 is 1.50 bits per heavy atom. The Hall–Kier alpha value is -1.56. The van der Waals surface area contributed by atoms with Crippen LogP contribution in [0.4, 0.5) is 10.5 Å². The second kappa shape index (κ2) is 6.39. The fraction of sp³-hybridized carbons (Fsp3) is 0.333. The molecule has 0 aliphatic rings. The zero-order valence-corrected chi connectivity index (χ0v) is 12.3. The Kier molecular flexibility index (Phi) is 5.15. The first-order valence-corrected chi connectivity index (χ1v) is 6.37. The van der Waals surface area contributed by atoms with Crippen LogP contribution in [0.15, 0.2) is 22.7 Å². The number of amides is 2. The van der Waals surface area contributed by atoms with E-state index in [1.165, 1.54) is 0 Å². The maximum absolute atomic E-state index is 11.7. The Balaban J connectivity index is 2.68. The number of carbonyl (C=O) groups is 1. The average Bonchev–Trinajstić information content (AvgIpc) is 2.32. The number of guanidine groups is 1. The summed E-state index contributed by atoms with van der Waals surface area (Å²) in [6, 6.07) is 5.24. The SMILES string of the molecule is CCN(C)C(=N)NC(=O)Nc1c(C)cccc1Br. The van der Waals surface area contributed by atoms with E-state index in [9.17, 15) is 4.79 Å². The smallest absolute Gasteiger partial charge is 0.326 e. The van der Waals surface area contributed by atoms with Crippen molar-refractivity contribution in [2.24, 2.45) is 0 Å². The minimum atomic E-state index is -0.421. The molecule has 1 rings (SSSR count).